The van der Waals surface area contributed by atoms with Gasteiger partial charge in [0.05, 0.1) is 28.6 Å². The number of anilines is 2. The number of hydrogen-bond donors (Lipinski definition) is 2. The summed E-state index contributed by atoms with van der Waals surface area (Å²) in [4.78, 5) is 18.0. The van der Waals surface area contributed by atoms with Gasteiger partial charge in [-0.25, -0.2) is 8.42 Å². The van der Waals surface area contributed by atoms with E-state index in [1.165, 1.54) is 19.2 Å². The summed E-state index contributed by atoms with van der Waals surface area (Å²) in [6, 6.07) is 7.46. The van der Waals surface area contributed by atoms with E-state index in [1.807, 2.05) is 19.9 Å². The van der Waals surface area contributed by atoms with Crippen molar-refractivity contribution in [2.75, 3.05) is 17.3 Å². The standard InChI is InChI=1S/C21H28N4O4S/c1-14(2)11-20(21(26)27)24(4)30(28,29)17-7-5-16(6-8-17)13-25-15(3)23-18-12-22-10-9-19(18)25/h5-10,12,14-15,20,23H,11,13H2,1-4H3,(H,26,27)/t15?,20-/m0/s1. The lowest BCUT2D eigenvalue weighted by Gasteiger charge is -2.26. The van der Waals surface area contributed by atoms with Crippen LogP contribution < -0.4 is 10.2 Å². The van der Waals surface area contributed by atoms with Crippen molar-refractivity contribution in [3.8, 4) is 0 Å². The minimum absolute atomic E-state index is 0.0558. The van der Waals surface area contributed by atoms with Crippen LogP contribution in [0.1, 0.15) is 32.8 Å². The van der Waals surface area contributed by atoms with Crippen LogP contribution in [-0.2, 0) is 21.4 Å². The highest BCUT2D eigenvalue weighted by atomic mass is 32.2. The van der Waals surface area contributed by atoms with Crippen LogP contribution in [0.4, 0.5) is 11.4 Å². The van der Waals surface area contributed by atoms with Crippen molar-refractivity contribution in [1.82, 2.24) is 9.29 Å². The highest BCUT2D eigenvalue weighted by Crippen LogP contribution is 2.34. The second-order valence-electron chi connectivity index (χ2n) is 7.99. The third-order valence-electron chi connectivity index (χ3n) is 5.31. The lowest BCUT2D eigenvalue weighted by atomic mass is 10.0. The fourth-order valence-electron chi connectivity index (χ4n) is 3.63. The average Bonchev–Trinajstić information content (AvgIpc) is 3.01. The number of aliphatic carboxylic acids is 1. The Labute approximate surface area is 177 Å². The Kier molecular flexibility index (Phi) is 6.33. The third kappa shape index (κ3) is 4.41. The second-order valence-corrected chi connectivity index (χ2v) is 9.99. The molecule has 162 valence electrons. The maximum atomic E-state index is 13.0. The summed E-state index contributed by atoms with van der Waals surface area (Å²) in [6.07, 6.45) is 3.86. The summed E-state index contributed by atoms with van der Waals surface area (Å²) >= 11 is 0. The fourth-order valence-corrected chi connectivity index (χ4v) is 4.95. The molecule has 0 aliphatic carbocycles. The van der Waals surface area contributed by atoms with Crippen LogP contribution in [0, 0.1) is 5.92 Å². The molecule has 8 nitrogen and oxygen atoms in total. The number of hydrogen-bond acceptors (Lipinski definition) is 6. The number of pyridine rings is 1. The number of sulfonamides is 1. The molecule has 3 rings (SSSR count). The summed E-state index contributed by atoms with van der Waals surface area (Å²) < 4.78 is 26.9. The van der Waals surface area contributed by atoms with Crippen LogP contribution in [0.2, 0.25) is 0 Å². The SMILES string of the molecule is CC(C)C[C@@H](C(=O)O)N(C)S(=O)(=O)c1ccc(CN2c3ccncc3NC2C)cc1. The molecule has 9 heteroatoms. The zero-order valence-electron chi connectivity index (χ0n) is 17.6. The monoisotopic (exact) mass is 432 g/mol. The van der Waals surface area contributed by atoms with E-state index < -0.39 is 22.0 Å². The van der Waals surface area contributed by atoms with Gasteiger partial charge < -0.3 is 15.3 Å². The molecule has 2 N–H and O–H groups in total. The average molecular weight is 433 g/mol. The first kappa shape index (κ1) is 22.0. The number of benzene rings is 1. The molecule has 30 heavy (non-hydrogen) atoms. The normalized spacial score (nSPS) is 17.1. The van der Waals surface area contributed by atoms with Crippen molar-refractivity contribution in [3.05, 3.63) is 48.3 Å². The van der Waals surface area contributed by atoms with Gasteiger partial charge in [-0.05, 0) is 43.0 Å². The Morgan fingerprint density at radius 3 is 2.53 bits per heavy atom. The summed E-state index contributed by atoms with van der Waals surface area (Å²) in [5.41, 5.74) is 2.97. The number of likely N-dealkylation sites (N-methyl/N-ethyl adjacent to an activating group) is 1. The van der Waals surface area contributed by atoms with Gasteiger partial charge in [0, 0.05) is 19.8 Å². The van der Waals surface area contributed by atoms with Crippen molar-refractivity contribution >= 4 is 27.4 Å². The van der Waals surface area contributed by atoms with Gasteiger partial charge in [-0.2, -0.15) is 4.31 Å². The summed E-state index contributed by atoms with van der Waals surface area (Å²) in [5, 5.41) is 12.9. The molecule has 0 saturated heterocycles. The maximum Gasteiger partial charge on any atom is 0.322 e. The number of aromatic nitrogens is 1. The van der Waals surface area contributed by atoms with Crippen molar-refractivity contribution in [2.24, 2.45) is 5.92 Å². The number of carboxylic acid groups (broad SMARTS) is 1. The molecule has 1 aromatic heterocycles. The van der Waals surface area contributed by atoms with Gasteiger partial charge in [0.15, 0.2) is 0 Å². The maximum absolute atomic E-state index is 13.0. The van der Waals surface area contributed by atoms with Crippen LogP contribution in [0.15, 0.2) is 47.6 Å². The lowest BCUT2D eigenvalue weighted by Crippen LogP contribution is -2.43. The zero-order valence-corrected chi connectivity index (χ0v) is 18.4. The van der Waals surface area contributed by atoms with E-state index in [4.69, 9.17) is 0 Å². The number of nitrogens with one attached hydrogen (secondary N) is 1. The topological polar surface area (TPSA) is 103 Å². The van der Waals surface area contributed by atoms with Crippen LogP contribution in [0.5, 0.6) is 0 Å². The Morgan fingerprint density at radius 2 is 1.93 bits per heavy atom. The van der Waals surface area contributed by atoms with Crippen LogP contribution >= 0.6 is 0 Å². The van der Waals surface area contributed by atoms with Crippen molar-refractivity contribution < 1.29 is 18.3 Å². The van der Waals surface area contributed by atoms with Gasteiger partial charge in [-0.15, -0.1) is 0 Å². The van der Waals surface area contributed by atoms with Gasteiger partial charge in [0.2, 0.25) is 10.0 Å². The number of nitrogens with zero attached hydrogens (tertiary/aromatic N) is 3. The smallest absolute Gasteiger partial charge is 0.322 e. The molecule has 0 bridgehead atoms. The van der Waals surface area contributed by atoms with Crippen molar-refractivity contribution in [2.45, 2.75) is 50.8 Å². The molecular weight excluding hydrogens is 404 g/mol. The Hall–Kier alpha value is -2.65. The van der Waals surface area contributed by atoms with E-state index >= 15 is 0 Å². The van der Waals surface area contributed by atoms with Gasteiger partial charge in [-0.3, -0.25) is 9.78 Å². The summed E-state index contributed by atoms with van der Waals surface area (Å²) in [7, 11) is -2.59. The molecule has 0 amide bonds. The van der Waals surface area contributed by atoms with E-state index in [9.17, 15) is 18.3 Å². The highest BCUT2D eigenvalue weighted by molar-refractivity contribution is 7.89. The molecule has 1 unspecified atom stereocenters. The minimum atomic E-state index is -3.91. The molecule has 0 fully saturated rings. The van der Waals surface area contributed by atoms with Gasteiger partial charge in [0.25, 0.3) is 0 Å². The first-order valence-electron chi connectivity index (χ1n) is 9.88. The summed E-state index contributed by atoms with van der Waals surface area (Å²) in [5.74, 6) is -1.09. The van der Waals surface area contributed by atoms with Crippen LogP contribution in [-0.4, -0.2) is 48.0 Å². The molecule has 1 aromatic carbocycles. The predicted octanol–water partition coefficient (Wildman–Crippen LogP) is 2.98. The second kappa shape index (κ2) is 8.61. The van der Waals surface area contributed by atoms with E-state index in [0.29, 0.717) is 6.54 Å². The Bertz CT molecular complexity index is 1010. The molecule has 0 radical (unpaired) electrons. The first-order chi connectivity index (χ1) is 14.1. The molecule has 0 spiro atoms. The summed E-state index contributed by atoms with van der Waals surface area (Å²) in [6.45, 7) is 6.39. The fraction of sp³-hybridized carbons (Fsp3) is 0.429. The molecule has 1 aliphatic rings. The quantitative estimate of drug-likeness (QED) is 0.661. The lowest BCUT2D eigenvalue weighted by molar-refractivity contribution is -0.141. The van der Waals surface area contributed by atoms with Crippen LogP contribution in [0.25, 0.3) is 0 Å². The third-order valence-corrected chi connectivity index (χ3v) is 7.19. The minimum Gasteiger partial charge on any atom is -0.480 e. The van der Waals surface area contributed by atoms with Crippen LogP contribution in [0.3, 0.4) is 0 Å². The molecule has 2 atom stereocenters. The van der Waals surface area contributed by atoms with Gasteiger partial charge >= 0.3 is 5.97 Å². The largest absolute Gasteiger partial charge is 0.480 e. The molecular formula is C21H28N4O4S. The van der Waals surface area contributed by atoms with Crippen molar-refractivity contribution in [3.63, 3.8) is 0 Å². The van der Waals surface area contributed by atoms with E-state index in [2.05, 4.69) is 22.1 Å². The van der Waals surface area contributed by atoms with E-state index in [-0.39, 0.29) is 23.4 Å². The van der Waals surface area contributed by atoms with Gasteiger partial charge in [0.1, 0.15) is 6.04 Å². The molecule has 2 heterocycles. The number of carboxylic acids is 1. The molecule has 1 aliphatic heterocycles. The Balaban J connectivity index is 1.79. The van der Waals surface area contributed by atoms with Crippen molar-refractivity contribution in [1.29, 1.82) is 0 Å². The van der Waals surface area contributed by atoms with Gasteiger partial charge in [-0.1, -0.05) is 26.0 Å². The first-order valence-corrected chi connectivity index (χ1v) is 11.3. The van der Waals surface area contributed by atoms with E-state index in [1.54, 1.807) is 24.5 Å². The zero-order chi connectivity index (χ0) is 22.1. The number of carbonyl (C=O) groups is 1. The predicted molar refractivity (Wildman–Crippen MR) is 116 cm³/mol. The van der Waals surface area contributed by atoms with E-state index in [0.717, 1.165) is 21.2 Å². The molecule has 2 aromatic rings. The number of fused-ring (bicyclic) bond motifs is 1. The number of rotatable bonds is 8. The molecule has 0 saturated carbocycles. The Morgan fingerprint density at radius 1 is 1.27 bits per heavy atom. The highest BCUT2D eigenvalue weighted by Gasteiger charge is 2.33.